The Morgan fingerprint density at radius 1 is 1.14 bits per heavy atom. The first-order chi connectivity index (χ1) is 13.5. The van der Waals surface area contributed by atoms with Gasteiger partial charge in [-0.1, -0.05) is 18.2 Å². The molecule has 0 bridgehead atoms. The molecule has 8 heteroatoms. The van der Waals surface area contributed by atoms with Gasteiger partial charge in [0.15, 0.2) is 26.4 Å². The van der Waals surface area contributed by atoms with E-state index in [0.29, 0.717) is 22.1 Å². The van der Waals surface area contributed by atoms with Crippen molar-refractivity contribution in [1.29, 1.82) is 5.26 Å². The third kappa shape index (κ3) is 3.54. The van der Waals surface area contributed by atoms with Crippen LogP contribution in [0.4, 0.5) is 0 Å². The number of rotatable bonds is 5. The summed E-state index contributed by atoms with van der Waals surface area (Å²) < 4.78 is 39.6. The van der Waals surface area contributed by atoms with Crippen molar-refractivity contribution in [2.24, 2.45) is 0 Å². The second-order valence-corrected chi connectivity index (χ2v) is 9.05. The maximum absolute atomic E-state index is 11.5. The van der Waals surface area contributed by atoms with Crippen LogP contribution < -0.4 is 14.2 Å². The lowest BCUT2D eigenvalue weighted by molar-refractivity contribution is 0.174. The summed E-state index contributed by atoms with van der Waals surface area (Å²) in [6.45, 7) is 0.430. The summed E-state index contributed by atoms with van der Waals surface area (Å²) in [7, 11) is -3.23. The molecule has 3 aromatic rings. The van der Waals surface area contributed by atoms with E-state index in [1.807, 2.05) is 23.6 Å². The molecule has 0 radical (unpaired) electrons. The van der Waals surface area contributed by atoms with Crippen molar-refractivity contribution < 1.29 is 22.6 Å². The molecule has 0 saturated carbocycles. The average Bonchev–Trinajstić information content (AvgIpc) is 3.31. The third-order valence-electron chi connectivity index (χ3n) is 4.27. The van der Waals surface area contributed by atoms with Crippen molar-refractivity contribution in [3.63, 3.8) is 0 Å². The summed E-state index contributed by atoms with van der Waals surface area (Å²) in [5.41, 5.74) is 2.89. The van der Waals surface area contributed by atoms with Gasteiger partial charge in [-0.3, -0.25) is 0 Å². The normalized spacial score (nSPS) is 12.6. The Kier molecular flexibility index (Phi) is 4.71. The lowest BCUT2D eigenvalue weighted by atomic mass is 10.0. The Morgan fingerprint density at radius 3 is 2.61 bits per heavy atom. The van der Waals surface area contributed by atoms with Crippen LogP contribution in [0.15, 0.2) is 52.7 Å². The van der Waals surface area contributed by atoms with Crippen LogP contribution in [0, 0.1) is 11.3 Å². The number of fused-ring (bicyclic) bond motifs is 1. The molecule has 0 saturated heterocycles. The molecule has 4 rings (SSSR count). The maximum atomic E-state index is 11.5. The minimum Gasteiger partial charge on any atom is -0.478 e. The molecule has 0 atom stereocenters. The first-order valence-corrected chi connectivity index (χ1v) is 11.1. The van der Waals surface area contributed by atoms with E-state index in [1.54, 1.807) is 24.3 Å². The molecule has 1 aliphatic rings. The summed E-state index contributed by atoms with van der Waals surface area (Å²) in [5.74, 6) is 1.34. The molecular formula is C20H15NO5S2. The number of thiophene rings is 1. The van der Waals surface area contributed by atoms with E-state index in [4.69, 9.17) is 14.2 Å². The average molecular weight is 413 g/mol. The fourth-order valence-electron chi connectivity index (χ4n) is 2.81. The molecule has 6 nitrogen and oxygen atoms in total. The summed E-state index contributed by atoms with van der Waals surface area (Å²) in [6.07, 6.45) is 1.17. The van der Waals surface area contributed by atoms with Crippen molar-refractivity contribution >= 4 is 21.2 Å². The van der Waals surface area contributed by atoms with Gasteiger partial charge in [0.05, 0.1) is 4.90 Å². The molecule has 0 aliphatic carbocycles. The van der Waals surface area contributed by atoms with Crippen LogP contribution in [0.25, 0.3) is 11.1 Å². The van der Waals surface area contributed by atoms with E-state index < -0.39 is 9.84 Å². The first-order valence-electron chi connectivity index (χ1n) is 8.29. The van der Waals surface area contributed by atoms with Crippen LogP contribution in [0.3, 0.4) is 0 Å². The Morgan fingerprint density at radius 2 is 1.89 bits per heavy atom. The highest BCUT2D eigenvalue weighted by molar-refractivity contribution is 7.90. The molecule has 1 aromatic heterocycles. The smallest absolute Gasteiger partial charge is 0.231 e. The Bertz CT molecular complexity index is 1170. The van der Waals surface area contributed by atoms with Gasteiger partial charge >= 0.3 is 0 Å². The number of nitrogens with zero attached hydrogens (tertiary/aromatic N) is 1. The molecule has 0 fully saturated rings. The lowest BCUT2D eigenvalue weighted by Crippen LogP contribution is -1.99. The SMILES string of the molecule is CS(=O)(=O)c1ccc(COc2scc(-c3ccc4c(c3)OCO4)c2C#N)cc1. The zero-order valence-corrected chi connectivity index (χ0v) is 16.5. The maximum Gasteiger partial charge on any atom is 0.231 e. The summed E-state index contributed by atoms with van der Waals surface area (Å²) in [6, 6.07) is 14.3. The monoisotopic (exact) mass is 413 g/mol. The van der Waals surface area contributed by atoms with Gasteiger partial charge in [0, 0.05) is 17.2 Å². The highest BCUT2D eigenvalue weighted by Crippen LogP contribution is 2.41. The van der Waals surface area contributed by atoms with Crippen LogP contribution in [0.2, 0.25) is 0 Å². The largest absolute Gasteiger partial charge is 0.478 e. The van der Waals surface area contributed by atoms with Crippen LogP contribution in [-0.4, -0.2) is 21.5 Å². The molecule has 142 valence electrons. The van der Waals surface area contributed by atoms with Gasteiger partial charge in [-0.2, -0.15) is 5.26 Å². The molecule has 2 heterocycles. The Balaban J connectivity index is 1.54. The lowest BCUT2D eigenvalue weighted by Gasteiger charge is -2.06. The van der Waals surface area contributed by atoms with Gasteiger partial charge in [0.2, 0.25) is 6.79 Å². The molecular weight excluding hydrogens is 398 g/mol. The van der Waals surface area contributed by atoms with E-state index in [-0.39, 0.29) is 18.3 Å². The summed E-state index contributed by atoms with van der Waals surface area (Å²) >= 11 is 1.34. The molecule has 0 N–H and O–H groups in total. The number of hydrogen-bond acceptors (Lipinski definition) is 7. The predicted molar refractivity (Wildman–Crippen MR) is 104 cm³/mol. The fourth-order valence-corrected chi connectivity index (χ4v) is 4.32. The quantitative estimate of drug-likeness (QED) is 0.629. The van der Waals surface area contributed by atoms with E-state index in [2.05, 4.69) is 6.07 Å². The van der Waals surface area contributed by atoms with Crippen molar-refractivity contribution in [2.75, 3.05) is 13.0 Å². The summed E-state index contributed by atoms with van der Waals surface area (Å²) in [5, 5.41) is 12.0. The van der Waals surface area contributed by atoms with Crippen LogP contribution in [0.5, 0.6) is 16.6 Å². The molecule has 0 amide bonds. The van der Waals surface area contributed by atoms with Gasteiger partial charge in [0.1, 0.15) is 18.2 Å². The highest BCUT2D eigenvalue weighted by atomic mass is 32.2. The second-order valence-electron chi connectivity index (χ2n) is 6.20. The molecule has 0 unspecified atom stereocenters. The number of hydrogen-bond donors (Lipinski definition) is 0. The van der Waals surface area contributed by atoms with Gasteiger partial charge < -0.3 is 14.2 Å². The van der Waals surface area contributed by atoms with Gasteiger partial charge in [-0.25, -0.2) is 8.42 Å². The predicted octanol–water partition coefficient (Wildman–Crippen LogP) is 4.00. The van der Waals surface area contributed by atoms with Crippen LogP contribution in [0.1, 0.15) is 11.1 Å². The number of nitriles is 1. The van der Waals surface area contributed by atoms with Crippen molar-refractivity contribution in [1.82, 2.24) is 0 Å². The number of ether oxygens (including phenoxy) is 3. The second kappa shape index (κ2) is 7.19. The van der Waals surface area contributed by atoms with Gasteiger partial charge in [-0.15, -0.1) is 11.3 Å². The van der Waals surface area contributed by atoms with E-state index in [9.17, 15) is 13.7 Å². The van der Waals surface area contributed by atoms with E-state index in [0.717, 1.165) is 16.7 Å². The van der Waals surface area contributed by atoms with Crippen molar-refractivity contribution in [3.05, 3.63) is 59.0 Å². The fraction of sp³-hybridized carbons (Fsp3) is 0.150. The van der Waals surface area contributed by atoms with Crippen molar-refractivity contribution in [2.45, 2.75) is 11.5 Å². The minimum atomic E-state index is -3.23. The third-order valence-corrected chi connectivity index (χ3v) is 6.29. The van der Waals surface area contributed by atoms with Gasteiger partial charge in [-0.05, 0) is 35.4 Å². The number of benzene rings is 2. The van der Waals surface area contributed by atoms with E-state index >= 15 is 0 Å². The first kappa shape index (κ1) is 18.3. The molecule has 0 spiro atoms. The Hall–Kier alpha value is -3.02. The zero-order chi connectivity index (χ0) is 19.7. The Labute approximate surface area is 166 Å². The highest BCUT2D eigenvalue weighted by Gasteiger charge is 2.19. The van der Waals surface area contributed by atoms with Crippen molar-refractivity contribution in [3.8, 4) is 33.8 Å². The van der Waals surface area contributed by atoms with Crippen LogP contribution in [-0.2, 0) is 16.4 Å². The van der Waals surface area contributed by atoms with Gasteiger partial charge in [0.25, 0.3) is 0 Å². The molecule has 28 heavy (non-hydrogen) atoms. The number of sulfone groups is 1. The van der Waals surface area contributed by atoms with E-state index in [1.165, 1.54) is 17.6 Å². The van der Waals surface area contributed by atoms with Crippen LogP contribution >= 0.6 is 11.3 Å². The summed E-state index contributed by atoms with van der Waals surface area (Å²) in [4.78, 5) is 0.259. The minimum absolute atomic E-state index is 0.194. The standard InChI is InChI=1S/C20H15NO5S2/c1-28(22,23)15-5-2-13(3-6-15)10-24-20-16(9-21)17(11-27-20)14-4-7-18-19(8-14)26-12-25-18/h2-8,11H,10,12H2,1H3. The zero-order valence-electron chi connectivity index (χ0n) is 14.8. The molecule has 2 aromatic carbocycles. The topological polar surface area (TPSA) is 85.6 Å². The molecule has 1 aliphatic heterocycles.